The third kappa shape index (κ3) is 4.14. The summed E-state index contributed by atoms with van der Waals surface area (Å²) >= 11 is 0. The molecule has 2 N–H and O–H groups in total. The zero-order valence-corrected chi connectivity index (χ0v) is 14.9. The fourth-order valence-electron chi connectivity index (χ4n) is 3.22. The lowest BCUT2D eigenvalue weighted by atomic mass is 10.1. The molecule has 1 aliphatic carbocycles. The molecule has 0 amide bonds. The van der Waals surface area contributed by atoms with Crippen LogP contribution in [0.1, 0.15) is 67.2 Å². The fourth-order valence-corrected chi connectivity index (χ4v) is 4.97. The zero-order valence-electron chi connectivity index (χ0n) is 14.1. The number of esters is 1. The first kappa shape index (κ1) is 18.0. The van der Waals surface area contributed by atoms with Crippen molar-refractivity contribution < 1.29 is 17.9 Å². The van der Waals surface area contributed by atoms with Crippen molar-refractivity contribution in [1.82, 2.24) is 9.71 Å². The molecule has 0 saturated heterocycles. The maximum Gasteiger partial charge on any atom is 0.355 e. The van der Waals surface area contributed by atoms with Crippen LogP contribution in [0.5, 0.6) is 0 Å². The third-order valence-electron chi connectivity index (χ3n) is 4.29. The van der Waals surface area contributed by atoms with E-state index in [1.54, 1.807) is 20.8 Å². The zero-order chi connectivity index (χ0) is 17.0. The van der Waals surface area contributed by atoms with E-state index < -0.39 is 16.0 Å². The Morgan fingerprint density at radius 3 is 2.39 bits per heavy atom. The van der Waals surface area contributed by atoms with Gasteiger partial charge in [0.05, 0.1) is 6.61 Å². The molecule has 0 radical (unpaired) electrons. The Labute approximate surface area is 138 Å². The van der Waals surface area contributed by atoms with Crippen molar-refractivity contribution in [2.75, 3.05) is 6.61 Å². The van der Waals surface area contributed by atoms with Gasteiger partial charge >= 0.3 is 5.97 Å². The van der Waals surface area contributed by atoms with Gasteiger partial charge in [0.15, 0.2) is 0 Å². The van der Waals surface area contributed by atoms with Gasteiger partial charge < -0.3 is 9.72 Å². The van der Waals surface area contributed by atoms with Crippen molar-refractivity contribution in [3.05, 3.63) is 17.0 Å². The number of aromatic amines is 1. The third-order valence-corrected chi connectivity index (χ3v) is 6.09. The second kappa shape index (κ2) is 7.49. The fraction of sp³-hybridized carbons (Fsp3) is 0.688. The maximum absolute atomic E-state index is 12.8. The highest BCUT2D eigenvalue weighted by Gasteiger charge is 2.29. The molecule has 1 aromatic rings. The number of rotatable bonds is 5. The number of aromatic nitrogens is 1. The molecule has 1 saturated carbocycles. The number of hydrogen-bond donors (Lipinski definition) is 2. The number of nitrogens with one attached hydrogen (secondary N) is 2. The normalized spacial score (nSPS) is 17.0. The number of aryl methyl sites for hydroxylation is 1. The molecular weight excluding hydrogens is 316 g/mol. The molecule has 7 heteroatoms. The molecule has 1 fully saturated rings. The SMILES string of the molecule is CCOC(=O)c1[nH]c(C)c(S(=O)(=O)NC2CCCCCC2)c1C. The molecule has 0 spiro atoms. The highest BCUT2D eigenvalue weighted by molar-refractivity contribution is 7.89. The highest BCUT2D eigenvalue weighted by atomic mass is 32.2. The van der Waals surface area contributed by atoms with Gasteiger partial charge in [-0.15, -0.1) is 0 Å². The van der Waals surface area contributed by atoms with Crippen LogP contribution < -0.4 is 4.72 Å². The summed E-state index contributed by atoms with van der Waals surface area (Å²) in [6.07, 6.45) is 6.15. The van der Waals surface area contributed by atoms with Gasteiger partial charge in [-0.2, -0.15) is 0 Å². The number of ether oxygens (including phenoxy) is 1. The molecule has 130 valence electrons. The van der Waals surface area contributed by atoms with Crippen molar-refractivity contribution in [2.24, 2.45) is 0 Å². The van der Waals surface area contributed by atoms with Crippen LogP contribution in [-0.2, 0) is 14.8 Å². The summed E-state index contributed by atoms with van der Waals surface area (Å²) < 4.78 is 33.3. The van der Waals surface area contributed by atoms with Gasteiger partial charge in [0.1, 0.15) is 10.6 Å². The first-order valence-electron chi connectivity index (χ1n) is 8.25. The number of hydrogen-bond acceptors (Lipinski definition) is 4. The van der Waals surface area contributed by atoms with Gasteiger partial charge in [-0.1, -0.05) is 25.7 Å². The molecular formula is C16H26N2O4S. The van der Waals surface area contributed by atoms with E-state index in [0.717, 1.165) is 38.5 Å². The van der Waals surface area contributed by atoms with Crippen molar-refractivity contribution >= 4 is 16.0 Å². The Morgan fingerprint density at radius 2 is 1.83 bits per heavy atom. The average molecular weight is 342 g/mol. The number of H-pyrrole nitrogens is 1. The quantitative estimate of drug-likeness (QED) is 0.636. The molecule has 23 heavy (non-hydrogen) atoms. The summed E-state index contributed by atoms with van der Waals surface area (Å²) in [7, 11) is -3.65. The molecule has 1 aromatic heterocycles. The molecule has 2 rings (SSSR count). The van der Waals surface area contributed by atoms with E-state index in [1.807, 2.05) is 0 Å². The van der Waals surface area contributed by atoms with Crippen molar-refractivity contribution in [1.29, 1.82) is 0 Å². The molecule has 0 aromatic carbocycles. The van der Waals surface area contributed by atoms with Crippen LogP contribution in [0.15, 0.2) is 4.90 Å². The van der Waals surface area contributed by atoms with E-state index >= 15 is 0 Å². The van der Waals surface area contributed by atoms with Gasteiger partial charge in [-0.25, -0.2) is 17.9 Å². The second-order valence-corrected chi connectivity index (χ2v) is 7.76. The van der Waals surface area contributed by atoms with Crippen LogP contribution >= 0.6 is 0 Å². The Morgan fingerprint density at radius 1 is 1.22 bits per heavy atom. The molecule has 1 heterocycles. The molecule has 6 nitrogen and oxygen atoms in total. The van der Waals surface area contributed by atoms with Crippen LogP contribution in [-0.4, -0.2) is 32.0 Å². The lowest BCUT2D eigenvalue weighted by Crippen LogP contribution is -2.34. The van der Waals surface area contributed by atoms with Gasteiger partial charge in [-0.3, -0.25) is 0 Å². The van der Waals surface area contributed by atoms with Crippen molar-refractivity contribution in [3.8, 4) is 0 Å². The second-order valence-electron chi connectivity index (χ2n) is 6.11. The summed E-state index contributed by atoms with van der Waals surface area (Å²) in [4.78, 5) is 15.0. The van der Waals surface area contributed by atoms with E-state index in [4.69, 9.17) is 4.74 Å². The van der Waals surface area contributed by atoms with E-state index in [1.165, 1.54) is 0 Å². The lowest BCUT2D eigenvalue weighted by Gasteiger charge is -2.16. The summed E-state index contributed by atoms with van der Waals surface area (Å²) in [5.74, 6) is -0.524. The smallest absolute Gasteiger partial charge is 0.355 e. The average Bonchev–Trinajstić information content (AvgIpc) is 2.64. The summed E-state index contributed by atoms with van der Waals surface area (Å²) in [6, 6.07) is -0.0257. The first-order chi connectivity index (χ1) is 10.9. The Balaban J connectivity index is 2.27. The topological polar surface area (TPSA) is 88.3 Å². The number of carbonyl (C=O) groups excluding carboxylic acids is 1. The highest BCUT2D eigenvalue weighted by Crippen LogP contribution is 2.25. The van der Waals surface area contributed by atoms with Crippen LogP contribution in [0, 0.1) is 13.8 Å². The van der Waals surface area contributed by atoms with Gasteiger partial charge in [0, 0.05) is 17.3 Å². The van der Waals surface area contributed by atoms with Crippen molar-refractivity contribution in [2.45, 2.75) is 70.2 Å². The first-order valence-corrected chi connectivity index (χ1v) is 9.73. The maximum atomic E-state index is 12.8. The minimum absolute atomic E-state index is 0.0257. The number of sulfonamides is 1. The Hall–Kier alpha value is -1.34. The molecule has 0 bridgehead atoms. The van der Waals surface area contributed by atoms with Gasteiger partial charge in [0.2, 0.25) is 10.0 Å². The molecule has 1 aliphatic rings. The predicted molar refractivity (Wildman–Crippen MR) is 88.0 cm³/mol. The van der Waals surface area contributed by atoms with Crippen LogP contribution in [0.25, 0.3) is 0 Å². The van der Waals surface area contributed by atoms with Crippen LogP contribution in [0.4, 0.5) is 0 Å². The summed E-state index contributed by atoms with van der Waals surface area (Å²) in [5, 5.41) is 0. The Kier molecular flexibility index (Phi) is 5.86. The van der Waals surface area contributed by atoms with Crippen LogP contribution in [0.2, 0.25) is 0 Å². The standard InChI is InChI=1S/C16H26N2O4S/c1-4-22-16(19)14-11(2)15(12(3)17-14)23(20,21)18-13-9-7-5-6-8-10-13/h13,17-18H,4-10H2,1-3H3. The van der Waals surface area contributed by atoms with E-state index in [0.29, 0.717) is 11.3 Å². The van der Waals surface area contributed by atoms with Crippen molar-refractivity contribution in [3.63, 3.8) is 0 Å². The minimum atomic E-state index is -3.65. The van der Waals surface area contributed by atoms with E-state index in [2.05, 4.69) is 9.71 Å². The monoisotopic (exact) mass is 342 g/mol. The molecule has 0 atom stereocenters. The minimum Gasteiger partial charge on any atom is -0.461 e. The largest absolute Gasteiger partial charge is 0.461 e. The predicted octanol–water partition coefficient (Wildman–Crippen LogP) is 2.81. The van der Waals surface area contributed by atoms with Gasteiger partial charge in [-0.05, 0) is 33.6 Å². The van der Waals surface area contributed by atoms with Crippen LogP contribution in [0.3, 0.4) is 0 Å². The van der Waals surface area contributed by atoms with E-state index in [9.17, 15) is 13.2 Å². The number of carbonyl (C=O) groups is 1. The lowest BCUT2D eigenvalue weighted by molar-refractivity contribution is 0.0519. The summed E-state index contributed by atoms with van der Waals surface area (Å²) in [6.45, 7) is 5.27. The summed E-state index contributed by atoms with van der Waals surface area (Å²) in [5.41, 5.74) is 1.10. The molecule has 0 aliphatic heterocycles. The van der Waals surface area contributed by atoms with Gasteiger partial charge in [0.25, 0.3) is 0 Å². The van der Waals surface area contributed by atoms with E-state index in [-0.39, 0.29) is 23.2 Å². The molecule has 0 unspecified atom stereocenters. The Bertz CT molecular complexity index is 656.